The Kier molecular flexibility index (Phi) is 2.68. The summed E-state index contributed by atoms with van der Waals surface area (Å²) in [5.41, 5.74) is 0.400. The lowest BCUT2D eigenvalue weighted by Crippen LogP contribution is -2.47. The van der Waals surface area contributed by atoms with Crippen molar-refractivity contribution >= 4 is 0 Å². The van der Waals surface area contributed by atoms with Crippen LogP contribution in [-0.2, 0) is 9.47 Å². The van der Waals surface area contributed by atoms with E-state index in [1.165, 1.54) is 6.54 Å². The predicted octanol–water partition coefficient (Wildman–Crippen LogP) is -0.445. The topological polar surface area (TPSA) is 33.7 Å². The third-order valence-corrected chi connectivity index (χ3v) is 4.08. The minimum atomic E-state index is 0.400. The number of nitrogens with one attached hydrogen (secondary N) is 1. The first kappa shape index (κ1) is 10.0. The second-order valence-corrected chi connectivity index (χ2v) is 5.09. The average Bonchev–Trinajstić information content (AvgIpc) is 2.78. The van der Waals surface area contributed by atoms with E-state index in [1.54, 1.807) is 0 Å². The molecule has 4 heteroatoms. The van der Waals surface area contributed by atoms with E-state index >= 15 is 0 Å². The van der Waals surface area contributed by atoms with Crippen molar-refractivity contribution in [2.75, 3.05) is 59.2 Å². The first-order valence-corrected chi connectivity index (χ1v) is 5.98. The monoisotopic (exact) mass is 212 g/mol. The van der Waals surface area contributed by atoms with Crippen LogP contribution in [0.1, 0.15) is 0 Å². The molecule has 1 N–H and O–H groups in total. The van der Waals surface area contributed by atoms with Gasteiger partial charge < -0.3 is 14.8 Å². The predicted molar refractivity (Wildman–Crippen MR) is 56.9 cm³/mol. The lowest BCUT2D eigenvalue weighted by Gasteiger charge is -2.35. The van der Waals surface area contributed by atoms with Crippen LogP contribution in [0.5, 0.6) is 0 Å². The summed E-state index contributed by atoms with van der Waals surface area (Å²) in [5.74, 6) is 0.736. The number of morpholine rings is 1. The number of nitrogens with zero attached hydrogens (tertiary/aromatic N) is 1. The van der Waals surface area contributed by atoms with Crippen molar-refractivity contribution in [3.63, 3.8) is 0 Å². The normalized spacial score (nSPS) is 42.0. The standard InChI is InChI=1S/C11H20N2O2/c1-3-14-4-2-13(1)8-11-7-12-5-10(11)6-15-9-11/h10,12H,1-9H2. The zero-order valence-electron chi connectivity index (χ0n) is 9.21. The number of hydrogen-bond donors (Lipinski definition) is 1. The Bertz CT molecular complexity index is 219. The lowest BCUT2D eigenvalue weighted by atomic mass is 9.80. The molecule has 86 valence electrons. The molecule has 3 rings (SSSR count). The minimum Gasteiger partial charge on any atom is -0.380 e. The minimum absolute atomic E-state index is 0.400. The van der Waals surface area contributed by atoms with Gasteiger partial charge in [0, 0.05) is 44.1 Å². The van der Waals surface area contributed by atoms with Crippen LogP contribution in [0.3, 0.4) is 0 Å². The first-order valence-electron chi connectivity index (χ1n) is 5.98. The van der Waals surface area contributed by atoms with Gasteiger partial charge in [-0.3, -0.25) is 4.90 Å². The van der Waals surface area contributed by atoms with Gasteiger partial charge in [0.1, 0.15) is 0 Å². The molecular formula is C11H20N2O2. The molecular weight excluding hydrogens is 192 g/mol. The van der Waals surface area contributed by atoms with Crippen LogP contribution >= 0.6 is 0 Å². The summed E-state index contributed by atoms with van der Waals surface area (Å²) in [7, 11) is 0. The van der Waals surface area contributed by atoms with Crippen molar-refractivity contribution in [1.29, 1.82) is 0 Å². The van der Waals surface area contributed by atoms with Crippen LogP contribution < -0.4 is 5.32 Å². The van der Waals surface area contributed by atoms with Crippen molar-refractivity contribution in [3.8, 4) is 0 Å². The molecule has 3 aliphatic rings. The Morgan fingerprint density at radius 2 is 2.13 bits per heavy atom. The molecule has 0 aromatic rings. The summed E-state index contributed by atoms with van der Waals surface area (Å²) in [6, 6.07) is 0. The SMILES string of the molecule is C1CN(CC23CNCC2COC3)CCO1. The van der Waals surface area contributed by atoms with Gasteiger partial charge in [0.2, 0.25) is 0 Å². The highest BCUT2D eigenvalue weighted by molar-refractivity contribution is 5.00. The van der Waals surface area contributed by atoms with Crippen molar-refractivity contribution in [1.82, 2.24) is 10.2 Å². The molecule has 0 spiro atoms. The number of rotatable bonds is 2. The fourth-order valence-corrected chi connectivity index (χ4v) is 3.10. The lowest BCUT2D eigenvalue weighted by molar-refractivity contribution is 0.0129. The molecule has 3 fully saturated rings. The van der Waals surface area contributed by atoms with E-state index in [-0.39, 0.29) is 0 Å². The van der Waals surface area contributed by atoms with Crippen LogP contribution in [0.2, 0.25) is 0 Å². The van der Waals surface area contributed by atoms with Crippen LogP contribution in [0.4, 0.5) is 0 Å². The van der Waals surface area contributed by atoms with Crippen molar-refractivity contribution in [2.45, 2.75) is 0 Å². The Hall–Kier alpha value is -0.160. The van der Waals surface area contributed by atoms with Gasteiger partial charge >= 0.3 is 0 Å². The molecule has 0 aromatic heterocycles. The molecule has 3 aliphatic heterocycles. The van der Waals surface area contributed by atoms with Gasteiger partial charge in [-0.05, 0) is 0 Å². The molecule has 0 aliphatic carbocycles. The Morgan fingerprint density at radius 3 is 3.00 bits per heavy atom. The largest absolute Gasteiger partial charge is 0.380 e. The van der Waals surface area contributed by atoms with E-state index in [1.807, 2.05) is 0 Å². The van der Waals surface area contributed by atoms with Crippen molar-refractivity contribution in [2.24, 2.45) is 11.3 Å². The van der Waals surface area contributed by atoms with Gasteiger partial charge in [-0.25, -0.2) is 0 Å². The highest BCUT2D eigenvalue weighted by Gasteiger charge is 2.48. The Balaban J connectivity index is 1.64. The number of ether oxygens (including phenoxy) is 2. The van der Waals surface area contributed by atoms with Gasteiger partial charge in [0.05, 0.1) is 26.4 Å². The summed E-state index contributed by atoms with van der Waals surface area (Å²) in [4.78, 5) is 2.54. The molecule has 3 saturated heterocycles. The number of fused-ring (bicyclic) bond motifs is 1. The van der Waals surface area contributed by atoms with E-state index in [4.69, 9.17) is 9.47 Å². The molecule has 0 aromatic carbocycles. The Morgan fingerprint density at radius 1 is 1.27 bits per heavy atom. The van der Waals surface area contributed by atoms with Gasteiger partial charge in [-0.2, -0.15) is 0 Å². The number of hydrogen-bond acceptors (Lipinski definition) is 4. The molecule has 0 bridgehead atoms. The molecule has 15 heavy (non-hydrogen) atoms. The highest BCUT2D eigenvalue weighted by Crippen LogP contribution is 2.38. The maximum Gasteiger partial charge on any atom is 0.0594 e. The van der Waals surface area contributed by atoms with E-state index in [0.717, 1.165) is 58.5 Å². The fourth-order valence-electron chi connectivity index (χ4n) is 3.10. The zero-order chi connectivity index (χ0) is 10.1. The quantitative estimate of drug-likeness (QED) is 0.672. The summed E-state index contributed by atoms with van der Waals surface area (Å²) >= 11 is 0. The molecule has 4 nitrogen and oxygen atoms in total. The van der Waals surface area contributed by atoms with E-state index in [9.17, 15) is 0 Å². The van der Waals surface area contributed by atoms with Gasteiger partial charge in [0.25, 0.3) is 0 Å². The van der Waals surface area contributed by atoms with E-state index in [2.05, 4.69) is 10.2 Å². The summed E-state index contributed by atoms with van der Waals surface area (Å²) < 4.78 is 11.0. The van der Waals surface area contributed by atoms with Gasteiger partial charge in [-0.1, -0.05) is 0 Å². The van der Waals surface area contributed by atoms with Crippen LogP contribution in [0.15, 0.2) is 0 Å². The van der Waals surface area contributed by atoms with E-state index in [0.29, 0.717) is 5.41 Å². The second kappa shape index (κ2) is 4.01. The van der Waals surface area contributed by atoms with Gasteiger partial charge in [0.15, 0.2) is 0 Å². The first-order chi connectivity index (χ1) is 7.39. The van der Waals surface area contributed by atoms with Crippen LogP contribution in [-0.4, -0.2) is 64.1 Å². The highest BCUT2D eigenvalue weighted by atomic mass is 16.5. The van der Waals surface area contributed by atoms with Gasteiger partial charge in [-0.15, -0.1) is 0 Å². The van der Waals surface area contributed by atoms with E-state index < -0.39 is 0 Å². The Labute approximate surface area is 90.9 Å². The third-order valence-electron chi connectivity index (χ3n) is 4.08. The average molecular weight is 212 g/mol. The summed E-state index contributed by atoms with van der Waals surface area (Å²) in [5, 5.41) is 3.52. The maximum atomic E-state index is 5.66. The molecule has 0 saturated carbocycles. The third kappa shape index (κ3) is 1.80. The molecule has 2 unspecified atom stereocenters. The molecule has 0 radical (unpaired) electrons. The summed E-state index contributed by atoms with van der Waals surface area (Å²) in [6.45, 7) is 9.35. The summed E-state index contributed by atoms with van der Waals surface area (Å²) in [6.07, 6.45) is 0. The fraction of sp³-hybridized carbons (Fsp3) is 1.00. The molecule has 0 amide bonds. The van der Waals surface area contributed by atoms with Crippen LogP contribution in [0, 0.1) is 11.3 Å². The molecule has 3 heterocycles. The van der Waals surface area contributed by atoms with Crippen LogP contribution in [0.25, 0.3) is 0 Å². The maximum absolute atomic E-state index is 5.66. The van der Waals surface area contributed by atoms with Crippen molar-refractivity contribution < 1.29 is 9.47 Å². The van der Waals surface area contributed by atoms with Crippen molar-refractivity contribution in [3.05, 3.63) is 0 Å². The zero-order valence-corrected chi connectivity index (χ0v) is 9.21. The second-order valence-electron chi connectivity index (χ2n) is 5.09. The molecule has 2 atom stereocenters. The smallest absolute Gasteiger partial charge is 0.0594 e.